The first-order chi connectivity index (χ1) is 14.7. The third-order valence-corrected chi connectivity index (χ3v) is 7.57. The van der Waals surface area contributed by atoms with E-state index in [1.807, 2.05) is 0 Å². The Hall–Kier alpha value is -1.59. The highest BCUT2D eigenvalue weighted by molar-refractivity contribution is 5.79. The molecule has 0 radical (unpaired) electrons. The number of nitrogens with zero attached hydrogens (tertiary/aromatic N) is 1. The molecule has 2 saturated heterocycles. The Balaban J connectivity index is 1.33. The van der Waals surface area contributed by atoms with E-state index in [1.165, 1.54) is 37.7 Å². The van der Waals surface area contributed by atoms with Crippen LogP contribution in [0.4, 0.5) is 0 Å². The van der Waals surface area contributed by atoms with Gasteiger partial charge in [0.2, 0.25) is 5.91 Å². The van der Waals surface area contributed by atoms with Gasteiger partial charge in [-0.05, 0) is 56.2 Å². The molecule has 3 fully saturated rings. The molecule has 0 unspecified atom stereocenters. The lowest BCUT2D eigenvalue weighted by molar-refractivity contribution is -0.128. The molecule has 1 amide bonds. The van der Waals surface area contributed by atoms with Gasteiger partial charge in [0.05, 0.1) is 7.11 Å². The Kier molecular flexibility index (Phi) is 7.32. The average Bonchev–Trinajstić information content (AvgIpc) is 2.81. The highest BCUT2D eigenvalue weighted by Crippen LogP contribution is 2.41. The molecule has 1 aromatic rings. The Morgan fingerprint density at radius 3 is 2.37 bits per heavy atom. The minimum Gasteiger partial charge on any atom is -0.497 e. The van der Waals surface area contributed by atoms with E-state index in [0.29, 0.717) is 6.04 Å². The molecule has 0 aromatic heterocycles. The van der Waals surface area contributed by atoms with Crippen molar-refractivity contribution in [3.05, 3.63) is 29.8 Å². The van der Waals surface area contributed by atoms with Gasteiger partial charge in [-0.15, -0.1) is 0 Å². The summed E-state index contributed by atoms with van der Waals surface area (Å²) >= 11 is 0. The van der Waals surface area contributed by atoms with Crippen molar-refractivity contribution in [3.63, 3.8) is 0 Å². The molecule has 2 aliphatic heterocycles. The molecule has 0 spiro atoms. The summed E-state index contributed by atoms with van der Waals surface area (Å²) in [6, 6.07) is 9.13. The number of methoxy groups -OCH3 is 1. The average molecular weight is 415 g/mol. The maximum absolute atomic E-state index is 12.6. The molecule has 0 bridgehead atoms. The van der Waals surface area contributed by atoms with Crippen LogP contribution in [0, 0.1) is 5.92 Å². The van der Waals surface area contributed by atoms with Gasteiger partial charge in [-0.3, -0.25) is 4.79 Å². The molecular formula is C25H38N2O3. The van der Waals surface area contributed by atoms with Crippen LogP contribution in [0.15, 0.2) is 24.3 Å². The van der Waals surface area contributed by atoms with Gasteiger partial charge in [0, 0.05) is 50.2 Å². The molecule has 1 N–H and O–H groups in total. The van der Waals surface area contributed by atoms with Crippen molar-refractivity contribution in [1.29, 1.82) is 0 Å². The van der Waals surface area contributed by atoms with Crippen molar-refractivity contribution in [2.45, 2.75) is 69.2 Å². The van der Waals surface area contributed by atoms with Crippen molar-refractivity contribution in [2.24, 2.45) is 5.92 Å². The van der Waals surface area contributed by atoms with Crippen molar-refractivity contribution in [3.8, 4) is 5.75 Å². The van der Waals surface area contributed by atoms with Gasteiger partial charge in [-0.2, -0.15) is 0 Å². The number of piperidine rings is 1. The lowest BCUT2D eigenvalue weighted by Crippen LogP contribution is -2.50. The summed E-state index contributed by atoms with van der Waals surface area (Å²) in [5, 5.41) is 3.33. The summed E-state index contributed by atoms with van der Waals surface area (Å²) < 4.78 is 10.8. The van der Waals surface area contributed by atoms with Gasteiger partial charge in [0.25, 0.3) is 0 Å². The summed E-state index contributed by atoms with van der Waals surface area (Å²) in [5.74, 6) is 1.34. The molecule has 5 heteroatoms. The third kappa shape index (κ3) is 5.17. The molecule has 5 nitrogen and oxygen atoms in total. The Bertz CT molecular complexity index is 670. The normalized spacial score (nSPS) is 23.8. The maximum atomic E-state index is 12.6. The minimum atomic E-state index is 0.150. The topological polar surface area (TPSA) is 50.8 Å². The number of rotatable bonds is 6. The molecule has 4 rings (SSSR count). The van der Waals surface area contributed by atoms with Crippen molar-refractivity contribution >= 4 is 5.91 Å². The first-order valence-corrected chi connectivity index (χ1v) is 11.9. The van der Waals surface area contributed by atoms with Gasteiger partial charge in [0.15, 0.2) is 0 Å². The van der Waals surface area contributed by atoms with Crippen LogP contribution in [0.25, 0.3) is 0 Å². The zero-order chi connectivity index (χ0) is 20.8. The van der Waals surface area contributed by atoms with Crippen molar-refractivity contribution in [1.82, 2.24) is 10.2 Å². The van der Waals surface area contributed by atoms with Crippen LogP contribution >= 0.6 is 0 Å². The molecule has 166 valence electrons. The fourth-order valence-electron chi connectivity index (χ4n) is 5.65. The summed E-state index contributed by atoms with van der Waals surface area (Å²) in [7, 11) is 1.73. The summed E-state index contributed by atoms with van der Waals surface area (Å²) in [6.07, 6.45) is 10.4. The van der Waals surface area contributed by atoms with E-state index in [0.717, 1.165) is 64.3 Å². The van der Waals surface area contributed by atoms with Gasteiger partial charge in [0.1, 0.15) is 5.75 Å². The predicted molar refractivity (Wildman–Crippen MR) is 119 cm³/mol. The lowest BCUT2D eigenvalue weighted by Gasteiger charge is -2.44. The largest absolute Gasteiger partial charge is 0.497 e. The molecule has 1 saturated carbocycles. The Labute approximate surface area is 181 Å². The minimum absolute atomic E-state index is 0.150. The van der Waals surface area contributed by atoms with Crippen LogP contribution in [0.3, 0.4) is 0 Å². The zero-order valence-electron chi connectivity index (χ0n) is 18.5. The van der Waals surface area contributed by atoms with Crippen molar-refractivity contribution < 1.29 is 14.3 Å². The van der Waals surface area contributed by atoms with Crippen LogP contribution < -0.4 is 10.1 Å². The molecule has 1 aliphatic carbocycles. The van der Waals surface area contributed by atoms with Gasteiger partial charge < -0.3 is 19.7 Å². The predicted octanol–water partition coefficient (Wildman–Crippen LogP) is 3.90. The van der Waals surface area contributed by atoms with Gasteiger partial charge in [-0.25, -0.2) is 0 Å². The summed E-state index contributed by atoms with van der Waals surface area (Å²) in [4.78, 5) is 15.2. The number of hydrogen-bond donors (Lipinski definition) is 1. The number of likely N-dealkylation sites (tertiary alicyclic amines) is 1. The van der Waals surface area contributed by atoms with Gasteiger partial charge in [-0.1, -0.05) is 31.4 Å². The number of nitrogens with one attached hydrogen (secondary N) is 1. The molecule has 1 aromatic carbocycles. The number of amides is 1. The monoisotopic (exact) mass is 414 g/mol. The second-order valence-corrected chi connectivity index (χ2v) is 9.52. The number of benzene rings is 1. The second kappa shape index (κ2) is 10.1. The first-order valence-electron chi connectivity index (χ1n) is 11.9. The van der Waals surface area contributed by atoms with Crippen molar-refractivity contribution in [2.75, 3.05) is 40.0 Å². The summed E-state index contributed by atoms with van der Waals surface area (Å²) in [6.45, 7) is 4.75. The Morgan fingerprint density at radius 1 is 1.07 bits per heavy atom. The maximum Gasteiger partial charge on any atom is 0.223 e. The quantitative estimate of drug-likeness (QED) is 0.767. The molecular weight excluding hydrogens is 376 g/mol. The fourth-order valence-corrected chi connectivity index (χ4v) is 5.65. The van der Waals surface area contributed by atoms with E-state index in [2.05, 4.69) is 34.5 Å². The van der Waals surface area contributed by atoms with E-state index in [4.69, 9.17) is 9.47 Å². The molecule has 0 atom stereocenters. The standard InChI is InChI=1S/C25H38N2O3/c1-29-23-7-5-21(6-8-23)25(13-3-2-4-14-25)19-27-15-9-22(10-16-27)26-24(28)20-11-17-30-18-12-20/h5-8,20,22H,2-4,9-19H2,1H3,(H,26,28). The SMILES string of the molecule is COc1ccc(C2(CN3CCC(NC(=O)C4CCOCC4)CC3)CCCCC2)cc1. The number of hydrogen-bond acceptors (Lipinski definition) is 4. The van der Waals surface area contributed by atoms with Crippen LogP contribution in [-0.4, -0.2) is 56.8 Å². The number of ether oxygens (including phenoxy) is 2. The van der Waals surface area contributed by atoms with Crippen LogP contribution in [0.2, 0.25) is 0 Å². The summed E-state index contributed by atoms with van der Waals surface area (Å²) in [5.41, 5.74) is 1.74. The fraction of sp³-hybridized carbons (Fsp3) is 0.720. The molecule has 2 heterocycles. The van der Waals surface area contributed by atoms with E-state index in [9.17, 15) is 4.79 Å². The molecule has 30 heavy (non-hydrogen) atoms. The van der Waals surface area contributed by atoms with E-state index in [-0.39, 0.29) is 17.2 Å². The zero-order valence-corrected chi connectivity index (χ0v) is 18.5. The highest BCUT2D eigenvalue weighted by atomic mass is 16.5. The van der Waals surface area contributed by atoms with Crippen LogP contribution in [0.5, 0.6) is 5.75 Å². The highest BCUT2D eigenvalue weighted by Gasteiger charge is 2.37. The smallest absolute Gasteiger partial charge is 0.223 e. The Morgan fingerprint density at radius 2 is 1.73 bits per heavy atom. The third-order valence-electron chi connectivity index (χ3n) is 7.57. The van der Waals surface area contributed by atoms with E-state index < -0.39 is 0 Å². The first kappa shape index (κ1) is 21.6. The van der Waals surface area contributed by atoms with Gasteiger partial charge >= 0.3 is 0 Å². The van der Waals surface area contributed by atoms with E-state index >= 15 is 0 Å². The lowest BCUT2D eigenvalue weighted by atomic mass is 9.69. The molecule has 3 aliphatic rings. The van der Waals surface area contributed by atoms with Crippen LogP contribution in [0.1, 0.15) is 63.4 Å². The second-order valence-electron chi connectivity index (χ2n) is 9.52. The van der Waals surface area contributed by atoms with E-state index in [1.54, 1.807) is 7.11 Å². The number of carbonyl (C=O) groups excluding carboxylic acids is 1. The van der Waals surface area contributed by atoms with Crippen LogP contribution in [-0.2, 0) is 14.9 Å². The number of carbonyl (C=O) groups is 1.